The number of H-pyrrole nitrogens is 1. The Bertz CT molecular complexity index is 507. The van der Waals surface area contributed by atoms with E-state index >= 15 is 0 Å². The van der Waals surface area contributed by atoms with Crippen molar-refractivity contribution in [2.75, 3.05) is 0 Å². The largest absolute Gasteiger partial charge is 0.366 e. The van der Waals surface area contributed by atoms with Gasteiger partial charge in [-0.05, 0) is 13.3 Å². The molecule has 0 aliphatic heterocycles. The summed E-state index contributed by atoms with van der Waals surface area (Å²) in [4.78, 5) is 13.8. The summed E-state index contributed by atoms with van der Waals surface area (Å²) < 4.78 is 26.3. The van der Waals surface area contributed by atoms with E-state index in [1.807, 2.05) is 6.92 Å². The molecule has 0 aliphatic carbocycles. The zero-order valence-electron chi connectivity index (χ0n) is 10.1. The van der Waals surface area contributed by atoms with Crippen molar-refractivity contribution in [1.29, 1.82) is 0 Å². The monoisotopic (exact) mass is 258 g/mol. The fraction of sp³-hybridized carbons (Fsp3) is 0.545. The lowest BCUT2D eigenvalue weighted by Gasteiger charge is -2.13. The molecule has 17 heavy (non-hydrogen) atoms. The van der Waals surface area contributed by atoms with E-state index < -0.39 is 15.5 Å². The molecule has 5 nitrogen and oxygen atoms in total. The van der Waals surface area contributed by atoms with Gasteiger partial charge in [0.15, 0.2) is 0 Å². The van der Waals surface area contributed by atoms with E-state index in [1.54, 1.807) is 6.92 Å². The van der Waals surface area contributed by atoms with Gasteiger partial charge in [-0.1, -0.05) is 19.8 Å². The fourth-order valence-corrected chi connectivity index (χ4v) is 2.84. The number of sulfonamides is 1. The van der Waals surface area contributed by atoms with Crippen LogP contribution in [0.3, 0.4) is 0 Å². The average molecular weight is 258 g/mol. The van der Waals surface area contributed by atoms with Crippen molar-refractivity contribution >= 4 is 10.0 Å². The molecule has 2 N–H and O–H groups in total. The summed E-state index contributed by atoms with van der Waals surface area (Å²) in [5, 5.41) is 0. The smallest absolute Gasteiger partial charge is 0.246 e. The Hall–Kier alpha value is -1.14. The van der Waals surface area contributed by atoms with Crippen molar-refractivity contribution in [3.05, 3.63) is 28.7 Å². The quantitative estimate of drug-likeness (QED) is 0.805. The van der Waals surface area contributed by atoms with Gasteiger partial charge in [0, 0.05) is 24.5 Å². The number of hydrogen-bond donors (Lipinski definition) is 2. The van der Waals surface area contributed by atoms with Crippen LogP contribution in [0.1, 0.15) is 33.1 Å². The van der Waals surface area contributed by atoms with Crippen LogP contribution in [-0.2, 0) is 10.0 Å². The molecule has 1 aromatic heterocycles. The Labute approximate surface area is 101 Å². The number of hydrogen-bond acceptors (Lipinski definition) is 3. The predicted molar refractivity (Wildman–Crippen MR) is 66.4 cm³/mol. The molecular formula is C11H18N2O3S. The van der Waals surface area contributed by atoms with Crippen molar-refractivity contribution in [3.8, 4) is 0 Å². The maximum atomic E-state index is 11.9. The van der Waals surface area contributed by atoms with Crippen LogP contribution in [0.5, 0.6) is 0 Å². The van der Waals surface area contributed by atoms with E-state index in [1.165, 1.54) is 18.5 Å². The molecule has 0 spiro atoms. The molecule has 1 aromatic rings. The Morgan fingerprint density at radius 3 is 2.76 bits per heavy atom. The van der Waals surface area contributed by atoms with Gasteiger partial charge in [0.05, 0.1) is 0 Å². The van der Waals surface area contributed by atoms with Gasteiger partial charge in [-0.3, -0.25) is 4.79 Å². The molecule has 1 heterocycles. The normalized spacial score (nSPS) is 13.5. The molecule has 1 unspecified atom stereocenters. The van der Waals surface area contributed by atoms with Crippen molar-refractivity contribution in [1.82, 2.24) is 9.71 Å². The summed E-state index contributed by atoms with van der Waals surface area (Å²) in [5.74, 6) is 0. The van der Waals surface area contributed by atoms with E-state index in [4.69, 9.17) is 0 Å². The van der Waals surface area contributed by atoms with Crippen LogP contribution in [0.4, 0.5) is 0 Å². The van der Waals surface area contributed by atoms with Gasteiger partial charge in [0.2, 0.25) is 15.5 Å². The minimum atomic E-state index is -3.71. The molecule has 0 saturated carbocycles. The summed E-state index contributed by atoms with van der Waals surface area (Å²) in [5.41, 5.74) is -0.501. The highest BCUT2D eigenvalue weighted by Crippen LogP contribution is 2.05. The molecular weight excluding hydrogens is 240 g/mol. The van der Waals surface area contributed by atoms with Crippen molar-refractivity contribution in [3.63, 3.8) is 0 Å². The lowest BCUT2D eigenvalue weighted by atomic mass is 10.2. The molecule has 0 fully saturated rings. The highest BCUT2D eigenvalue weighted by Gasteiger charge is 2.19. The minimum absolute atomic E-state index is 0.167. The summed E-state index contributed by atoms with van der Waals surface area (Å²) in [6.07, 6.45) is 5.34. The third-order valence-electron chi connectivity index (χ3n) is 2.42. The first-order valence-electron chi connectivity index (χ1n) is 5.67. The first-order chi connectivity index (χ1) is 7.97. The standard InChI is InChI=1S/C11H18N2O3S/c1-3-4-5-9(2)13-17(15,16)11-8-12-7-6-10(11)14/h6-9,13H,3-5H2,1-2H3,(H,12,14). The van der Waals surface area contributed by atoms with E-state index in [9.17, 15) is 13.2 Å². The van der Waals surface area contributed by atoms with Crippen molar-refractivity contribution < 1.29 is 8.42 Å². The first-order valence-corrected chi connectivity index (χ1v) is 7.15. The predicted octanol–water partition coefficient (Wildman–Crippen LogP) is 1.23. The molecule has 0 amide bonds. The highest BCUT2D eigenvalue weighted by atomic mass is 32.2. The van der Waals surface area contributed by atoms with Crippen molar-refractivity contribution in [2.24, 2.45) is 0 Å². The minimum Gasteiger partial charge on any atom is -0.366 e. The van der Waals surface area contributed by atoms with E-state index in [-0.39, 0.29) is 10.9 Å². The van der Waals surface area contributed by atoms with Gasteiger partial charge >= 0.3 is 0 Å². The third kappa shape index (κ3) is 3.98. The second-order valence-electron chi connectivity index (χ2n) is 4.04. The maximum Gasteiger partial charge on any atom is 0.246 e. The van der Waals surface area contributed by atoms with Crippen LogP contribution in [-0.4, -0.2) is 19.4 Å². The van der Waals surface area contributed by atoms with E-state index in [2.05, 4.69) is 9.71 Å². The van der Waals surface area contributed by atoms with Crippen LogP contribution >= 0.6 is 0 Å². The van der Waals surface area contributed by atoms with Crippen LogP contribution in [0.2, 0.25) is 0 Å². The summed E-state index contributed by atoms with van der Waals surface area (Å²) in [6.45, 7) is 3.84. The number of aromatic nitrogens is 1. The first kappa shape index (κ1) is 13.9. The summed E-state index contributed by atoms with van der Waals surface area (Å²) in [6, 6.07) is 1.03. The second-order valence-corrected chi connectivity index (χ2v) is 5.72. The molecule has 0 aliphatic rings. The lowest BCUT2D eigenvalue weighted by Crippen LogP contribution is -2.35. The van der Waals surface area contributed by atoms with Crippen LogP contribution in [0.25, 0.3) is 0 Å². The fourth-order valence-electron chi connectivity index (χ4n) is 1.51. The van der Waals surface area contributed by atoms with Crippen LogP contribution in [0.15, 0.2) is 28.2 Å². The summed E-state index contributed by atoms with van der Waals surface area (Å²) >= 11 is 0. The van der Waals surface area contributed by atoms with Crippen LogP contribution in [0, 0.1) is 0 Å². The van der Waals surface area contributed by atoms with Crippen molar-refractivity contribution in [2.45, 2.75) is 44.0 Å². The SMILES string of the molecule is CCCCC(C)NS(=O)(=O)c1c[nH]ccc1=O. The van der Waals surface area contributed by atoms with E-state index in [0.717, 1.165) is 19.3 Å². The molecule has 0 radical (unpaired) electrons. The topological polar surface area (TPSA) is 79.0 Å². The maximum absolute atomic E-state index is 11.9. The number of nitrogens with one attached hydrogen (secondary N) is 2. The Morgan fingerprint density at radius 1 is 1.47 bits per heavy atom. The van der Waals surface area contributed by atoms with Gasteiger partial charge in [0.25, 0.3) is 0 Å². The highest BCUT2D eigenvalue weighted by molar-refractivity contribution is 7.89. The number of aromatic amines is 1. The summed E-state index contributed by atoms with van der Waals surface area (Å²) in [7, 11) is -3.71. The second kappa shape index (κ2) is 5.97. The van der Waals surface area contributed by atoms with E-state index in [0.29, 0.717) is 0 Å². The Balaban J connectivity index is 2.83. The average Bonchev–Trinajstić information content (AvgIpc) is 2.26. The molecule has 6 heteroatoms. The van der Waals surface area contributed by atoms with Gasteiger partial charge in [-0.2, -0.15) is 0 Å². The molecule has 96 valence electrons. The lowest BCUT2D eigenvalue weighted by molar-refractivity contribution is 0.533. The zero-order valence-corrected chi connectivity index (χ0v) is 10.9. The van der Waals surface area contributed by atoms with Gasteiger partial charge in [-0.15, -0.1) is 0 Å². The zero-order chi connectivity index (χ0) is 12.9. The molecule has 1 rings (SSSR count). The van der Waals surface area contributed by atoms with Gasteiger partial charge < -0.3 is 4.98 Å². The number of unbranched alkanes of at least 4 members (excludes halogenated alkanes) is 1. The molecule has 0 aromatic carbocycles. The number of rotatable bonds is 6. The Kier molecular flexibility index (Phi) is 4.89. The van der Waals surface area contributed by atoms with Gasteiger partial charge in [-0.25, -0.2) is 13.1 Å². The third-order valence-corrected chi connectivity index (χ3v) is 4.04. The number of pyridine rings is 1. The Morgan fingerprint density at radius 2 is 2.18 bits per heavy atom. The van der Waals surface area contributed by atoms with Gasteiger partial charge in [0.1, 0.15) is 4.90 Å². The molecule has 1 atom stereocenters. The van der Waals surface area contributed by atoms with Crippen LogP contribution < -0.4 is 10.2 Å². The molecule has 0 bridgehead atoms. The molecule has 0 saturated heterocycles.